The van der Waals surface area contributed by atoms with Gasteiger partial charge in [0.25, 0.3) is 0 Å². The van der Waals surface area contributed by atoms with Crippen LogP contribution in [0.25, 0.3) is 16.1 Å². The molecule has 1 aliphatic heterocycles. The van der Waals surface area contributed by atoms with Crippen molar-refractivity contribution in [1.29, 1.82) is 0 Å². The van der Waals surface area contributed by atoms with Gasteiger partial charge in [-0.15, -0.1) is 21.5 Å². The molecule has 1 atom stereocenters. The topological polar surface area (TPSA) is 102 Å². The maximum atomic E-state index is 13.8. The number of anilines is 1. The minimum absolute atomic E-state index is 0. The highest BCUT2D eigenvalue weighted by atomic mass is 35.5. The minimum Gasteiger partial charge on any atom is -0.367 e. The van der Waals surface area contributed by atoms with Crippen molar-refractivity contribution >= 4 is 59.5 Å². The number of nitrogens with zero attached hydrogens (tertiary/aromatic N) is 5. The molecule has 52 heavy (non-hydrogen) atoms. The maximum Gasteiger partial charge on any atom is 0.163 e. The fourth-order valence-electron chi connectivity index (χ4n) is 9.05. The summed E-state index contributed by atoms with van der Waals surface area (Å²) < 4.78 is 2.11. The van der Waals surface area contributed by atoms with Crippen molar-refractivity contribution in [2.45, 2.75) is 84.2 Å². The van der Waals surface area contributed by atoms with E-state index >= 15 is 0 Å². The number of fused-ring (bicyclic) bond motifs is 4. The third-order valence-electron chi connectivity index (χ3n) is 11.5. The zero-order valence-corrected chi connectivity index (χ0v) is 32.1. The number of rotatable bonds is 8. The Kier molecular flexibility index (Phi) is 8.99. The Hall–Kier alpha value is -4.12. The lowest BCUT2D eigenvalue weighted by Gasteiger charge is -2.58. The molecule has 5 aromatic rings. The third kappa shape index (κ3) is 6.12. The Morgan fingerprint density at radius 2 is 1.71 bits per heavy atom. The standard InChI is InChI=1S/C41H39ClN6O2S.H2S/c1-22-23(2)51-40-36(22)37(26-8-10-30(42)11-9-26)45-35(39-47-46-24(3)48(39)40)17-32(49)13-25-18-41(19-25)20-31(21-41)44-38-34(5-4-12-43-38)28-7-6-27-15-33(50)16-29(27)14-28;/h4-12,14,25,31,35H,13,15-21H2,1-3H3,(H,43,44);1H2/t25?,31?,35-,41?;/m0./s1. The summed E-state index contributed by atoms with van der Waals surface area (Å²) in [6.45, 7) is 6.24. The lowest BCUT2D eigenvalue weighted by molar-refractivity contribution is -0.124. The zero-order valence-electron chi connectivity index (χ0n) is 29.5. The van der Waals surface area contributed by atoms with Gasteiger partial charge in [0.05, 0.1) is 5.71 Å². The van der Waals surface area contributed by atoms with E-state index < -0.39 is 6.04 Å². The average molecular weight is 749 g/mol. The highest BCUT2D eigenvalue weighted by molar-refractivity contribution is 7.59. The number of Topliss-reactive ketones (excluding diaryl/α,β-unsaturated/α-hetero) is 2. The number of thiophene rings is 1. The Morgan fingerprint density at radius 1 is 0.962 bits per heavy atom. The van der Waals surface area contributed by atoms with Gasteiger partial charge < -0.3 is 5.32 Å². The van der Waals surface area contributed by atoms with E-state index in [2.05, 4.69) is 58.2 Å². The molecule has 4 aliphatic rings. The summed E-state index contributed by atoms with van der Waals surface area (Å²) in [4.78, 5) is 37.0. The quantitative estimate of drug-likeness (QED) is 0.171. The summed E-state index contributed by atoms with van der Waals surface area (Å²) in [5.74, 6) is 3.34. The van der Waals surface area contributed by atoms with Gasteiger partial charge in [0.15, 0.2) is 5.82 Å². The second-order valence-corrected chi connectivity index (χ2v) is 16.8. The number of aryl methyl sites for hydroxylation is 2. The van der Waals surface area contributed by atoms with E-state index in [0.29, 0.717) is 48.1 Å². The van der Waals surface area contributed by atoms with Gasteiger partial charge in [-0.1, -0.05) is 41.9 Å². The summed E-state index contributed by atoms with van der Waals surface area (Å²) in [5, 5.41) is 14.5. The van der Waals surface area contributed by atoms with Crippen LogP contribution in [0.1, 0.15) is 88.9 Å². The highest BCUT2D eigenvalue weighted by Gasteiger charge is 2.53. The van der Waals surface area contributed by atoms with Crippen molar-refractivity contribution in [1.82, 2.24) is 19.7 Å². The van der Waals surface area contributed by atoms with Crippen molar-refractivity contribution < 1.29 is 9.59 Å². The maximum absolute atomic E-state index is 13.8. The molecule has 3 aliphatic carbocycles. The number of hydrogen-bond donors (Lipinski definition) is 1. The van der Waals surface area contributed by atoms with E-state index in [-0.39, 0.29) is 25.1 Å². The van der Waals surface area contributed by atoms with Crippen LogP contribution >= 0.6 is 36.4 Å². The first-order chi connectivity index (χ1) is 24.6. The lowest BCUT2D eigenvalue weighted by Crippen LogP contribution is -2.53. The van der Waals surface area contributed by atoms with E-state index in [1.165, 1.54) is 10.4 Å². The largest absolute Gasteiger partial charge is 0.367 e. The van der Waals surface area contributed by atoms with E-state index in [9.17, 15) is 9.59 Å². The number of nitrogens with one attached hydrogen (secondary N) is 1. The van der Waals surface area contributed by atoms with Gasteiger partial charge >= 0.3 is 0 Å². The second kappa shape index (κ2) is 13.4. The Balaban J connectivity index is 0.00000387. The Labute approximate surface area is 319 Å². The van der Waals surface area contributed by atoms with E-state index in [1.807, 2.05) is 43.5 Å². The van der Waals surface area contributed by atoms with Gasteiger partial charge in [-0.3, -0.25) is 19.1 Å². The molecule has 0 saturated heterocycles. The van der Waals surface area contributed by atoms with Gasteiger partial charge in [0.1, 0.15) is 34.3 Å². The van der Waals surface area contributed by atoms with Gasteiger partial charge in [0, 0.05) is 64.5 Å². The summed E-state index contributed by atoms with van der Waals surface area (Å²) in [7, 11) is 0. The predicted octanol–water partition coefficient (Wildman–Crippen LogP) is 8.66. The molecule has 2 aromatic carbocycles. The summed E-state index contributed by atoms with van der Waals surface area (Å²) in [6, 6.07) is 18.2. The van der Waals surface area contributed by atoms with Crippen LogP contribution in [-0.2, 0) is 22.4 Å². The fraction of sp³-hybridized carbons (Fsp3) is 0.366. The minimum atomic E-state index is -0.422. The molecule has 266 valence electrons. The van der Waals surface area contributed by atoms with E-state index in [0.717, 1.165) is 87.2 Å². The smallest absolute Gasteiger partial charge is 0.163 e. The molecule has 0 amide bonds. The number of carbonyl (C=O) groups excluding carboxylic acids is 2. The number of benzene rings is 2. The first-order valence-electron chi connectivity index (χ1n) is 17.9. The lowest BCUT2D eigenvalue weighted by atomic mass is 9.49. The van der Waals surface area contributed by atoms with Crippen LogP contribution in [0, 0.1) is 32.1 Å². The third-order valence-corrected chi connectivity index (χ3v) is 13.0. The van der Waals surface area contributed by atoms with Crippen LogP contribution in [0.5, 0.6) is 0 Å². The van der Waals surface area contributed by atoms with Crippen LogP contribution in [0.4, 0.5) is 5.82 Å². The molecule has 0 radical (unpaired) electrons. The monoisotopic (exact) mass is 748 g/mol. The van der Waals surface area contributed by atoms with Crippen LogP contribution in [0.3, 0.4) is 0 Å². The van der Waals surface area contributed by atoms with E-state index in [1.54, 1.807) is 11.3 Å². The van der Waals surface area contributed by atoms with Crippen molar-refractivity contribution in [3.63, 3.8) is 0 Å². The molecule has 0 unspecified atom stereocenters. The molecular formula is C41H41ClN6O2S2. The first kappa shape index (κ1) is 34.9. The molecule has 0 bridgehead atoms. The van der Waals surface area contributed by atoms with Crippen LogP contribution in [-0.4, -0.2) is 43.1 Å². The van der Waals surface area contributed by atoms with Crippen LogP contribution < -0.4 is 5.32 Å². The number of halogens is 1. The van der Waals surface area contributed by atoms with Crippen LogP contribution in [0.2, 0.25) is 5.02 Å². The average Bonchev–Trinajstić information content (AvgIpc) is 3.71. The fourth-order valence-corrected chi connectivity index (χ4v) is 10.4. The van der Waals surface area contributed by atoms with Crippen molar-refractivity contribution in [2.24, 2.45) is 16.3 Å². The zero-order chi connectivity index (χ0) is 35.0. The molecule has 4 heterocycles. The molecule has 2 fully saturated rings. The molecule has 8 nitrogen and oxygen atoms in total. The number of hydrogen-bond acceptors (Lipinski definition) is 8. The summed E-state index contributed by atoms with van der Waals surface area (Å²) in [6.07, 6.45) is 8.12. The van der Waals surface area contributed by atoms with Gasteiger partial charge in [-0.25, -0.2) is 4.98 Å². The molecule has 9 rings (SSSR count). The normalized spacial score (nSPS) is 22.7. The number of aliphatic imine (C=N–C) groups is 1. The van der Waals surface area contributed by atoms with Gasteiger partial charge in [0.2, 0.25) is 0 Å². The molecule has 2 saturated carbocycles. The number of ketones is 2. The SMILES string of the molecule is Cc1sc2c(c1C)C(c1ccc(Cl)cc1)=N[C@@H](CC(=O)CC1CC3(C1)CC(Nc1ncccc1-c1ccc4c(c1)CC(=O)C4)C3)c1nnc(C)n1-2.S. The number of pyridine rings is 1. The van der Waals surface area contributed by atoms with E-state index in [4.69, 9.17) is 21.6 Å². The Bertz CT molecular complexity index is 2260. The molecule has 3 aromatic heterocycles. The van der Waals surface area contributed by atoms with Crippen molar-refractivity contribution in [3.8, 4) is 16.1 Å². The molecule has 1 spiro atoms. The number of carbonyl (C=O) groups is 2. The highest BCUT2D eigenvalue weighted by Crippen LogP contribution is 2.60. The molecule has 1 N–H and O–H groups in total. The second-order valence-electron chi connectivity index (χ2n) is 15.2. The predicted molar refractivity (Wildman–Crippen MR) is 212 cm³/mol. The van der Waals surface area contributed by atoms with Crippen molar-refractivity contribution in [2.75, 3.05) is 5.32 Å². The van der Waals surface area contributed by atoms with Crippen LogP contribution in [0.15, 0.2) is 65.8 Å². The Morgan fingerprint density at radius 3 is 2.50 bits per heavy atom. The molecule has 11 heteroatoms. The summed E-state index contributed by atoms with van der Waals surface area (Å²) in [5.41, 5.74) is 8.89. The first-order valence-corrected chi connectivity index (χ1v) is 19.1. The van der Waals surface area contributed by atoms with Crippen molar-refractivity contribution in [3.05, 3.63) is 110 Å². The molecular weight excluding hydrogens is 708 g/mol. The van der Waals surface area contributed by atoms with Gasteiger partial charge in [-0.2, -0.15) is 13.5 Å². The van der Waals surface area contributed by atoms with Gasteiger partial charge in [-0.05, 0) is 104 Å². The summed E-state index contributed by atoms with van der Waals surface area (Å²) >= 11 is 7.99. The number of aromatic nitrogens is 4.